The van der Waals surface area contributed by atoms with Gasteiger partial charge in [0, 0.05) is 5.92 Å². The number of ether oxygens (including phenoxy) is 1. The highest BCUT2D eigenvalue weighted by atomic mass is 19.1. The quantitative estimate of drug-likeness (QED) is 0.449. The number of carbonyl (C=O) groups excluding carboxylic acids is 1. The van der Waals surface area contributed by atoms with Gasteiger partial charge in [-0.1, -0.05) is 37.3 Å². The Morgan fingerprint density at radius 3 is 2.58 bits per heavy atom. The van der Waals surface area contributed by atoms with E-state index >= 15 is 0 Å². The summed E-state index contributed by atoms with van der Waals surface area (Å²) in [4.78, 5) is 12.6. The van der Waals surface area contributed by atoms with Gasteiger partial charge in [0.2, 0.25) is 0 Å². The van der Waals surface area contributed by atoms with Gasteiger partial charge in [-0.15, -0.1) is 5.10 Å². The zero-order valence-corrected chi connectivity index (χ0v) is 21.4. The summed E-state index contributed by atoms with van der Waals surface area (Å²) >= 11 is 0. The number of carbonyl (C=O) groups is 1. The summed E-state index contributed by atoms with van der Waals surface area (Å²) in [6.45, 7) is 6.03. The lowest BCUT2D eigenvalue weighted by Crippen LogP contribution is -2.28. The molecule has 1 aliphatic carbocycles. The van der Waals surface area contributed by atoms with Crippen LogP contribution in [0, 0.1) is 17.7 Å². The second-order valence-electron chi connectivity index (χ2n) is 10.7. The fourth-order valence-corrected chi connectivity index (χ4v) is 5.34. The van der Waals surface area contributed by atoms with E-state index in [1.165, 1.54) is 6.07 Å². The minimum Gasteiger partial charge on any atom is -0.457 e. The molecule has 1 aliphatic heterocycles. The van der Waals surface area contributed by atoms with Gasteiger partial charge in [0.25, 0.3) is 0 Å². The molecule has 1 fully saturated rings. The maximum Gasteiger partial charge on any atom is 0.309 e. The number of halogens is 1. The van der Waals surface area contributed by atoms with Crippen LogP contribution in [0.3, 0.4) is 0 Å². The second kappa shape index (κ2) is 11.6. The van der Waals surface area contributed by atoms with Crippen molar-refractivity contribution in [3.63, 3.8) is 0 Å². The van der Waals surface area contributed by atoms with Crippen molar-refractivity contribution in [2.24, 2.45) is 11.8 Å². The van der Waals surface area contributed by atoms with Crippen molar-refractivity contribution < 1.29 is 24.1 Å². The molecule has 1 aromatic heterocycles. The van der Waals surface area contributed by atoms with Crippen molar-refractivity contribution >= 4 is 23.1 Å². The lowest BCUT2D eigenvalue weighted by molar-refractivity contribution is -0.151. The number of benzene rings is 1. The fraction of sp³-hybridized carbons (Fsp3) is 0.607. The number of aliphatic hydroxyl groups excluding tert-OH is 2. The highest BCUT2D eigenvalue weighted by Crippen LogP contribution is 2.32. The number of rotatable bonds is 3. The topological polar surface area (TPSA) is 97.5 Å². The number of aliphatic hydroxyl groups is 2. The number of cyclic esters (lactones) is 1. The first-order valence-corrected chi connectivity index (χ1v) is 13.2. The third kappa shape index (κ3) is 6.40. The number of hydrogen-bond acceptors (Lipinski definition) is 6. The summed E-state index contributed by atoms with van der Waals surface area (Å²) in [5.41, 5.74) is 2.28. The molecule has 7 nitrogen and oxygen atoms in total. The van der Waals surface area contributed by atoms with Crippen LogP contribution in [-0.2, 0) is 9.53 Å². The van der Waals surface area contributed by atoms with Crippen molar-refractivity contribution in [1.82, 2.24) is 15.0 Å². The van der Waals surface area contributed by atoms with E-state index in [0.717, 1.165) is 31.3 Å². The molecular formula is C28H38FN3O4. The Morgan fingerprint density at radius 1 is 1.11 bits per heavy atom. The molecule has 0 amide bonds. The first-order chi connectivity index (χ1) is 17.2. The van der Waals surface area contributed by atoms with Gasteiger partial charge in [0.15, 0.2) is 5.82 Å². The standard InChI is InChI=1S/C28H38FN3O4/c1-17-5-4-6-18(2)28(36-26(35)16-23(34)10-7-17)19(3)13-20-14-24(29)27-25(15-20)32(31-30-27)21-8-11-22(33)12-9-21/h4,6,13-15,17-18,21-23,28,33-34H,5,7-12,16H2,1-3H3/b6-4+,19-13+/t17-,18+,21-,22-,23-,28+/m1/s1. The molecule has 4 atom stereocenters. The predicted octanol–water partition coefficient (Wildman–Crippen LogP) is 5.12. The average molecular weight is 500 g/mol. The Balaban J connectivity index is 1.63. The van der Waals surface area contributed by atoms with Gasteiger partial charge >= 0.3 is 5.97 Å². The zero-order chi connectivity index (χ0) is 25.8. The molecule has 4 rings (SSSR count). The molecule has 2 N–H and O–H groups in total. The summed E-state index contributed by atoms with van der Waals surface area (Å²) in [7, 11) is 0. The Bertz CT molecular complexity index is 1120. The third-order valence-electron chi connectivity index (χ3n) is 7.52. The summed E-state index contributed by atoms with van der Waals surface area (Å²) in [5, 5.41) is 28.4. The van der Waals surface area contributed by atoms with Crippen molar-refractivity contribution in [2.45, 2.75) is 96.5 Å². The molecule has 196 valence electrons. The molecule has 8 heteroatoms. The molecule has 2 heterocycles. The lowest BCUT2D eigenvalue weighted by Gasteiger charge is -2.26. The van der Waals surface area contributed by atoms with Crippen LogP contribution in [0.2, 0.25) is 0 Å². The molecule has 0 bridgehead atoms. The second-order valence-corrected chi connectivity index (χ2v) is 10.7. The Labute approximate surface area is 212 Å². The summed E-state index contributed by atoms with van der Waals surface area (Å²) in [5.74, 6) is -0.538. The van der Waals surface area contributed by atoms with Crippen LogP contribution < -0.4 is 0 Å². The molecule has 0 unspecified atom stereocenters. The molecule has 0 saturated heterocycles. The maximum atomic E-state index is 15.0. The number of esters is 1. The van der Waals surface area contributed by atoms with E-state index in [1.54, 1.807) is 4.68 Å². The van der Waals surface area contributed by atoms with E-state index in [9.17, 15) is 19.4 Å². The van der Waals surface area contributed by atoms with Crippen molar-refractivity contribution in [3.05, 3.63) is 41.2 Å². The van der Waals surface area contributed by atoms with Gasteiger partial charge < -0.3 is 14.9 Å². The molecule has 2 aromatic rings. The van der Waals surface area contributed by atoms with E-state index in [4.69, 9.17) is 4.74 Å². The highest BCUT2D eigenvalue weighted by Gasteiger charge is 2.26. The van der Waals surface area contributed by atoms with Gasteiger partial charge in [-0.05, 0) is 81.1 Å². The molecule has 2 aliphatic rings. The molecule has 1 aromatic carbocycles. The van der Waals surface area contributed by atoms with Crippen LogP contribution in [0.1, 0.15) is 83.7 Å². The molecule has 0 radical (unpaired) electrons. The van der Waals surface area contributed by atoms with E-state index < -0.39 is 24.0 Å². The zero-order valence-electron chi connectivity index (χ0n) is 21.4. The Kier molecular flexibility index (Phi) is 8.57. The normalized spacial score (nSPS) is 31.9. The van der Waals surface area contributed by atoms with Crippen LogP contribution in [0.5, 0.6) is 0 Å². The number of nitrogens with zero attached hydrogens (tertiary/aromatic N) is 3. The molecule has 1 saturated carbocycles. The minimum absolute atomic E-state index is 0.0333. The first-order valence-electron chi connectivity index (χ1n) is 13.2. The maximum absolute atomic E-state index is 15.0. The van der Waals surface area contributed by atoms with Gasteiger partial charge in [-0.25, -0.2) is 9.07 Å². The van der Waals surface area contributed by atoms with Crippen molar-refractivity contribution in [3.8, 4) is 0 Å². The lowest BCUT2D eigenvalue weighted by atomic mass is 9.92. The predicted molar refractivity (Wildman–Crippen MR) is 136 cm³/mol. The average Bonchev–Trinajstić information content (AvgIpc) is 3.25. The van der Waals surface area contributed by atoms with E-state index in [-0.39, 0.29) is 30.0 Å². The molecular weight excluding hydrogens is 461 g/mol. The summed E-state index contributed by atoms with van der Waals surface area (Å²) in [6.07, 6.45) is 9.73. The minimum atomic E-state index is -0.714. The smallest absolute Gasteiger partial charge is 0.309 e. The van der Waals surface area contributed by atoms with Gasteiger partial charge in [0.05, 0.1) is 30.2 Å². The van der Waals surface area contributed by atoms with Gasteiger partial charge in [-0.2, -0.15) is 0 Å². The summed E-state index contributed by atoms with van der Waals surface area (Å²) < 4.78 is 22.6. The van der Waals surface area contributed by atoms with Crippen molar-refractivity contribution in [1.29, 1.82) is 0 Å². The highest BCUT2D eigenvalue weighted by molar-refractivity contribution is 5.79. The van der Waals surface area contributed by atoms with Crippen LogP contribution in [-0.4, -0.2) is 49.5 Å². The molecule has 0 spiro atoms. The SMILES string of the molecule is C/C(=C\c1cc(F)c2nnn([C@H]3CC[C@H](O)CC3)c2c1)[C@H]1OC(=O)C[C@H](O)CC[C@H](C)C/C=C/[C@@H]1C. The van der Waals surface area contributed by atoms with Crippen molar-refractivity contribution in [2.75, 3.05) is 0 Å². The number of allylic oxidation sites excluding steroid dienone is 1. The van der Waals surface area contributed by atoms with Gasteiger partial charge in [-0.3, -0.25) is 4.79 Å². The number of fused-ring (bicyclic) bond motifs is 1. The van der Waals surface area contributed by atoms with E-state index in [1.807, 2.05) is 26.0 Å². The van der Waals surface area contributed by atoms with Crippen LogP contribution >= 0.6 is 0 Å². The van der Waals surface area contributed by atoms with E-state index in [2.05, 4.69) is 29.4 Å². The van der Waals surface area contributed by atoms with Crippen LogP contribution in [0.15, 0.2) is 29.9 Å². The monoisotopic (exact) mass is 499 g/mol. The number of hydrogen-bond donors (Lipinski definition) is 2. The van der Waals surface area contributed by atoms with Crippen LogP contribution in [0.25, 0.3) is 17.1 Å². The Hall–Kier alpha value is -2.58. The van der Waals surface area contributed by atoms with E-state index in [0.29, 0.717) is 36.3 Å². The van der Waals surface area contributed by atoms with Gasteiger partial charge in [0.1, 0.15) is 11.6 Å². The summed E-state index contributed by atoms with van der Waals surface area (Å²) in [6, 6.07) is 3.37. The molecule has 36 heavy (non-hydrogen) atoms. The first kappa shape index (κ1) is 26.5. The fourth-order valence-electron chi connectivity index (χ4n) is 5.34. The van der Waals surface area contributed by atoms with Crippen LogP contribution in [0.4, 0.5) is 4.39 Å². The Morgan fingerprint density at radius 2 is 1.83 bits per heavy atom. The largest absolute Gasteiger partial charge is 0.457 e. The number of aromatic nitrogens is 3. The third-order valence-corrected chi connectivity index (χ3v) is 7.52.